The number of aromatic nitrogens is 1. The summed E-state index contributed by atoms with van der Waals surface area (Å²) in [7, 11) is 0. The maximum atomic E-state index is 4.93. The maximum Gasteiger partial charge on any atom is 0.0962 e. The quantitative estimate of drug-likeness (QED) is 0.849. The Morgan fingerprint density at radius 3 is 2.69 bits per heavy atom. The van der Waals surface area contributed by atoms with Crippen molar-refractivity contribution in [3.63, 3.8) is 0 Å². The van der Waals surface area contributed by atoms with Crippen molar-refractivity contribution in [2.45, 2.75) is 57.4 Å². The van der Waals surface area contributed by atoms with Crippen molar-refractivity contribution in [3.05, 3.63) is 15.6 Å². The van der Waals surface area contributed by atoms with Gasteiger partial charge in [-0.25, -0.2) is 4.98 Å². The lowest BCUT2D eigenvalue weighted by Crippen LogP contribution is -2.14. The second-order valence-electron chi connectivity index (χ2n) is 5.12. The molecule has 2 aliphatic rings. The van der Waals surface area contributed by atoms with Gasteiger partial charge < -0.3 is 5.32 Å². The van der Waals surface area contributed by atoms with Gasteiger partial charge in [0.1, 0.15) is 0 Å². The molecule has 2 heterocycles. The Morgan fingerprint density at radius 1 is 1.19 bits per heavy atom. The first kappa shape index (κ1) is 10.7. The van der Waals surface area contributed by atoms with Gasteiger partial charge in [0.2, 0.25) is 0 Å². The van der Waals surface area contributed by atoms with Gasteiger partial charge in [0.25, 0.3) is 0 Å². The van der Waals surface area contributed by atoms with Crippen molar-refractivity contribution in [2.75, 3.05) is 6.54 Å². The fourth-order valence-electron chi connectivity index (χ4n) is 3.02. The molecule has 2 nitrogen and oxygen atoms in total. The van der Waals surface area contributed by atoms with Gasteiger partial charge in [-0.05, 0) is 39.2 Å². The van der Waals surface area contributed by atoms with E-state index in [1.54, 1.807) is 0 Å². The highest BCUT2D eigenvalue weighted by Gasteiger charge is 2.25. The first-order valence-electron chi connectivity index (χ1n) is 6.55. The van der Waals surface area contributed by atoms with Gasteiger partial charge in [-0.15, -0.1) is 11.3 Å². The van der Waals surface area contributed by atoms with Crippen LogP contribution < -0.4 is 5.32 Å². The highest BCUT2D eigenvalue weighted by atomic mass is 32.1. The third-order valence-electron chi connectivity index (χ3n) is 3.94. The molecule has 0 radical (unpaired) electrons. The molecular weight excluding hydrogens is 216 g/mol. The van der Waals surface area contributed by atoms with Crippen LogP contribution in [0.1, 0.15) is 66.1 Å². The van der Waals surface area contributed by atoms with Gasteiger partial charge >= 0.3 is 0 Å². The largest absolute Gasteiger partial charge is 0.309 e. The van der Waals surface area contributed by atoms with Gasteiger partial charge in [0, 0.05) is 10.8 Å². The average molecular weight is 236 g/mol. The molecule has 88 valence electrons. The number of hydrogen-bond donors (Lipinski definition) is 1. The van der Waals surface area contributed by atoms with Crippen LogP contribution in [-0.2, 0) is 0 Å². The maximum absolute atomic E-state index is 4.93. The molecular formula is C13H20N2S. The first-order valence-corrected chi connectivity index (χ1v) is 7.37. The van der Waals surface area contributed by atoms with Crippen LogP contribution in [0.4, 0.5) is 0 Å². The van der Waals surface area contributed by atoms with Gasteiger partial charge in [-0.2, -0.15) is 0 Å². The van der Waals surface area contributed by atoms with E-state index >= 15 is 0 Å². The molecule has 3 heteroatoms. The highest BCUT2D eigenvalue weighted by molar-refractivity contribution is 7.11. The second kappa shape index (κ2) is 4.46. The minimum Gasteiger partial charge on any atom is -0.309 e. The molecule has 1 atom stereocenters. The molecule has 0 spiro atoms. The van der Waals surface area contributed by atoms with Crippen LogP contribution in [-0.4, -0.2) is 11.5 Å². The van der Waals surface area contributed by atoms with Crippen molar-refractivity contribution in [2.24, 2.45) is 0 Å². The highest BCUT2D eigenvalue weighted by Crippen LogP contribution is 2.38. The van der Waals surface area contributed by atoms with Crippen LogP contribution >= 0.6 is 11.3 Å². The summed E-state index contributed by atoms with van der Waals surface area (Å²) in [5, 5.41) is 4.98. The Kier molecular flexibility index (Phi) is 2.99. The van der Waals surface area contributed by atoms with E-state index in [9.17, 15) is 0 Å². The minimum atomic E-state index is 0.548. The van der Waals surface area contributed by atoms with Crippen molar-refractivity contribution in [3.8, 4) is 0 Å². The van der Waals surface area contributed by atoms with E-state index in [1.807, 2.05) is 11.3 Å². The summed E-state index contributed by atoms with van der Waals surface area (Å²) in [6.45, 7) is 3.41. The van der Waals surface area contributed by atoms with Crippen molar-refractivity contribution in [1.29, 1.82) is 0 Å². The number of nitrogens with one attached hydrogen (secondary N) is 1. The zero-order valence-electron chi connectivity index (χ0n) is 9.96. The number of hydrogen-bond acceptors (Lipinski definition) is 3. The Morgan fingerprint density at radius 2 is 2.00 bits per heavy atom. The fraction of sp³-hybridized carbons (Fsp3) is 0.769. The summed E-state index contributed by atoms with van der Waals surface area (Å²) in [5.41, 5.74) is 1.35. The minimum absolute atomic E-state index is 0.548. The molecule has 16 heavy (non-hydrogen) atoms. The van der Waals surface area contributed by atoms with Gasteiger partial charge in [0.05, 0.1) is 16.7 Å². The van der Waals surface area contributed by atoms with Crippen molar-refractivity contribution >= 4 is 11.3 Å². The second-order valence-corrected chi connectivity index (χ2v) is 6.36. The summed E-state index contributed by atoms with van der Waals surface area (Å²) in [6, 6.07) is 0.548. The van der Waals surface area contributed by atoms with Gasteiger partial charge in [-0.3, -0.25) is 0 Å². The van der Waals surface area contributed by atoms with Gasteiger partial charge in [0.15, 0.2) is 0 Å². The zero-order valence-corrected chi connectivity index (χ0v) is 10.8. The zero-order chi connectivity index (χ0) is 11.0. The van der Waals surface area contributed by atoms with E-state index in [-0.39, 0.29) is 0 Å². The van der Waals surface area contributed by atoms with Crippen LogP contribution in [0.2, 0.25) is 0 Å². The molecule has 1 aromatic rings. The summed E-state index contributed by atoms with van der Waals surface area (Å²) >= 11 is 1.95. The van der Waals surface area contributed by atoms with Crippen LogP contribution in [0, 0.1) is 6.92 Å². The topological polar surface area (TPSA) is 24.9 Å². The van der Waals surface area contributed by atoms with E-state index in [4.69, 9.17) is 4.98 Å². The van der Waals surface area contributed by atoms with Crippen LogP contribution in [0.15, 0.2) is 0 Å². The molecule has 1 saturated heterocycles. The lowest BCUT2D eigenvalue weighted by Gasteiger charge is -2.07. The van der Waals surface area contributed by atoms with E-state index in [0.29, 0.717) is 6.04 Å². The molecule has 1 aliphatic carbocycles. The third kappa shape index (κ3) is 1.91. The number of thiazole rings is 1. The molecule has 2 fully saturated rings. The predicted molar refractivity (Wildman–Crippen MR) is 68.0 cm³/mol. The van der Waals surface area contributed by atoms with Gasteiger partial charge in [-0.1, -0.05) is 12.8 Å². The molecule has 1 unspecified atom stereocenters. The molecule has 1 aliphatic heterocycles. The molecule has 0 bridgehead atoms. The Bertz CT molecular complexity index is 360. The molecule has 1 saturated carbocycles. The predicted octanol–water partition coefficient (Wildman–Crippen LogP) is 3.53. The molecule has 1 aromatic heterocycles. The monoisotopic (exact) mass is 236 g/mol. The lowest BCUT2D eigenvalue weighted by atomic mass is 10.1. The summed E-state index contributed by atoms with van der Waals surface area (Å²) in [6.07, 6.45) is 8.12. The van der Waals surface area contributed by atoms with Crippen molar-refractivity contribution < 1.29 is 0 Å². The normalized spacial score (nSPS) is 26.7. The van der Waals surface area contributed by atoms with Crippen molar-refractivity contribution in [1.82, 2.24) is 10.3 Å². The average Bonchev–Trinajstić information content (AvgIpc) is 2.97. The number of rotatable bonds is 2. The standard InChI is InChI=1S/C13H20N2S/c1-9-12(11-7-4-8-14-11)15-13(16-9)10-5-2-3-6-10/h10-11,14H,2-8H2,1H3. The Hall–Kier alpha value is -0.410. The van der Waals surface area contributed by atoms with E-state index < -0.39 is 0 Å². The fourth-order valence-corrected chi connectivity index (χ4v) is 4.17. The van der Waals surface area contributed by atoms with E-state index in [2.05, 4.69) is 12.2 Å². The molecule has 1 N–H and O–H groups in total. The first-order chi connectivity index (χ1) is 7.84. The third-order valence-corrected chi connectivity index (χ3v) is 5.09. The van der Waals surface area contributed by atoms with E-state index in [1.165, 1.54) is 60.6 Å². The molecule has 0 amide bonds. The summed E-state index contributed by atoms with van der Waals surface area (Å²) in [4.78, 5) is 6.38. The van der Waals surface area contributed by atoms with E-state index in [0.717, 1.165) is 5.92 Å². The lowest BCUT2D eigenvalue weighted by molar-refractivity contribution is 0.619. The number of aryl methyl sites for hydroxylation is 1. The summed E-state index contributed by atoms with van der Waals surface area (Å²) in [5.74, 6) is 0.777. The smallest absolute Gasteiger partial charge is 0.0962 e. The molecule has 3 rings (SSSR count). The number of nitrogens with zero attached hydrogens (tertiary/aromatic N) is 1. The SMILES string of the molecule is Cc1sc(C2CCCC2)nc1C1CCCN1. The van der Waals surface area contributed by atoms with Crippen LogP contribution in [0.3, 0.4) is 0 Å². The van der Waals surface area contributed by atoms with Crippen LogP contribution in [0.25, 0.3) is 0 Å². The molecule has 0 aromatic carbocycles. The Balaban J connectivity index is 1.83. The summed E-state index contributed by atoms with van der Waals surface area (Å²) < 4.78 is 0. The van der Waals surface area contributed by atoms with Crippen LogP contribution in [0.5, 0.6) is 0 Å². The Labute approximate surface area is 101 Å².